The highest BCUT2D eigenvalue weighted by Crippen LogP contribution is 2.32. The fraction of sp³-hybridized carbons (Fsp3) is 0.440. The number of piperidine rings is 1. The lowest BCUT2D eigenvalue weighted by atomic mass is 9.89. The average Bonchev–Trinajstić information content (AvgIpc) is 2.86. The zero-order valence-corrected chi connectivity index (χ0v) is 20.0. The second-order valence-electron chi connectivity index (χ2n) is 9.06. The number of aromatic nitrogens is 3. The quantitative estimate of drug-likeness (QED) is 0.556. The summed E-state index contributed by atoms with van der Waals surface area (Å²) in [5.74, 6) is -2.80. The summed E-state index contributed by atoms with van der Waals surface area (Å²) in [5.41, 5.74) is 1.32. The molecule has 2 N–H and O–H groups in total. The summed E-state index contributed by atoms with van der Waals surface area (Å²) in [6.45, 7) is 3.31. The van der Waals surface area contributed by atoms with Crippen LogP contribution in [0.5, 0.6) is 0 Å². The number of aryl methyl sites for hydroxylation is 1. The molecule has 3 heterocycles. The molecule has 1 aliphatic heterocycles. The number of alkyl halides is 2. The molecule has 0 saturated carbocycles. The Balaban J connectivity index is 1.67. The Labute approximate surface area is 201 Å². The van der Waals surface area contributed by atoms with Crippen LogP contribution in [0.15, 0.2) is 41.5 Å². The Morgan fingerprint density at radius 2 is 1.97 bits per heavy atom. The zero-order valence-electron chi connectivity index (χ0n) is 20.0. The first-order valence-corrected chi connectivity index (χ1v) is 11.6. The topological polar surface area (TPSA) is 100 Å². The van der Waals surface area contributed by atoms with E-state index in [0.29, 0.717) is 53.9 Å². The molecule has 2 aromatic heterocycles. The van der Waals surface area contributed by atoms with Crippen molar-refractivity contribution in [1.82, 2.24) is 19.4 Å². The van der Waals surface area contributed by atoms with Crippen LogP contribution in [0.1, 0.15) is 55.3 Å². The van der Waals surface area contributed by atoms with Gasteiger partial charge in [0.05, 0.1) is 5.39 Å². The standard InChI is InChI=1S/C25H29F2N5O3/c1-15(18-5-4-6-19(11-18)25(26,27)13-33)30-22-21-12-20(17-7-9-32(10-8-17)16(2)34)24(35)31(3)23(21)29-14-28-22/h4-6,11-12,14-15,17,33H,7-10,13H2,1-3H3,(H,28,29,30)/t15-/m1/s1. The number of aliphatic hydroxyl groups is 1. The van der Waals surface area contributed by atoms with Gasteiger partial charge in [0.1, 0.15) is 24.4 Å². The van der Waals surface area contributed by atoms with E-state index < -0.39 is 12.5 Å². The van der Waals surface area contributed by atoms with Gasteiger partial charge in [0.15, 0.2) is 0 Å². The van der Waals surface area contributed by atoms with Crippen molar-refractivity contribution in [2.75, 3.05) is 25.0 Å². The maximum atomic E-state index is 14.0. The van der Waals surface area contributed by atoms with Crippen molar-refractivity contribution in [2.45, 2.75) is 44.6 Å². The highest BCUT2D eigenvalue weighted by molar-refractivity contribution is 5.87. The van der Waals surface area contributed by atoms with Gasteiger partial charge < -0.3 is 15.3 Å². The average molecular weight is 486 g/mol. The monoisotopic (exact) mass is 485 g/mol. The van der Waals surface area contributed by atoms with Gasteiger partial charge in [-0.1, -0.05) is 18.2 Å². The predicted octanol–water partition coefficient (Wildman–Crippen LogP) is 3.31. The maximum Gasteiger partial charge on any atom is 0.295 e. The van der Waals surface area contributed by atoms with Gasteiger partial charge in [-0.15, -0.1) is 0 Å². The lowest BCUT2D eigenvalue weighted by molar-refractivity contribution is -0.129. The lowest BCUT2D eigenvalue weighted by Crippen LogP contribution is -2.38. The fourth-order valence-corrected chi connectivity index (χ4v) is 4.62. The SMILES string of the molecule is CC(=O)N1CCC(c2cc3c(N[C@H](C)c4cccc(C(F)(F)CO)c4)ncnc3n(C)c2=O)CC1. The molecule has 1 aliphatic rings. The number of halogens is 2. The molecule has 1 atom stereocenters. The van der Waals surface area contributed by atoms with Gasteiger partial charge >= 0.3 is 0 Å². The van der Waals surface area contributed by atoms with Crippen LogP contribution < -0.4 is 10.9 Å². The van der Waals surface area contributed by atoms with E-state index in [9.17, 15) is 18.4 Å². The summed E-state index contributed by atoms with van der Waals surface area (Å²) in [4.78, 5) is 35.3. The van der Waals surface area contributed by atoms with Crippen molar-refractivity contribution in [1.29, 1.82) is 0 Å². The van der Waals surface area contributed by atoms with Crippen LogP contribution in [0, 0.1) is 0 Å². The highest BCUT2D eigenvalue weighted by Gasteiger charge is 2.31. The number of hydrogen-bond donors (Lipinski definition) is 2. The molecule has 1 aromatic carbocycles. The number of anilines is 1. The van der Waals surface area contributed by atoms with Crippen molar-refractivity contribution >= 4 is 22.8 Å². The third-order valence-electron chi connectivity index (χ3n) is 6.77. The molecule has 0 aliphatic carbocycles. The first kappa shape index (κ1) is 24.7. The van der Waals surface area contributed by atoms with Crippen LogP contribution in [0.2, 0.25) is 0 Å². The molecule has 0 spiro atoms. The number of nitrogens with zero attached hydrogens (tertiary/aromatic N) is 4. The van der Waals surface area contributed by atoms with E-state index in [0.717, 1.165) is 0 Å². The Kier molecular flexibility index (Phi) is 6.84. The van der Waals surface area contributed by atoms with Crippen LogP contribution in [0.3, 0.4) is 0 Å². The van der Waals surface area contributed by atoms with Gasteiger partial charge in [0, 0.05) is 44.2 Å². The van der Waals surface area contributed by atoms with Gasteiger partial charge in [-0.2, -0.15) is 8.78 Å². The van der Waals surface area contributed by atoms with Gasteiger partial charge in [-0.3, -0.25) is 14.2 Å². The van der Waals surface area contributed by atoms with Crippen molar-refractivity contribution in [3.63, 3.8) is 0 Å². The Bertz CT molecular complexity index is 1300. The minimum absolute atomic E-state index is 0.0107. The van der Waals surface area contributed by atoms with E-state index in [2.05, 4.69) is 15.3 Å². The number of nitrogens with one attached hydrogen (secondary N) is 1. The number of carbonyl (C=O) groups excluding carboxylic acids is 1. The van der Waals surface area contributed by atoms with Gasteiger partial charge in [0.2, 0.25) is 5.91 Å². The highest BCUT2D eigenvalue weighted by atomic mass is 19.3. The molecule has 0 radical (unpaired) electrons. The van der Waals surface area contributed by atoms with Crippen molar-refractivity contribution in [3.05, 3.63) is 63.7 Å². The van der Waals surface area contributed by atoms with E-state index >= 15 is 0 Å². The number of carbonyl (C=O) groups is 1. The number of pyridine rings is 1. The number of amides is 1. The summed E-state index contributed by atoms with van der Waals surface area (Å²) < 4.78 is 29.5. The van der Waals surface area contributed by atoms with E-state index in [1.165, 1.54) is 29.1 Å². The normalized spacial score (nSPS) is 15.9. The summed E-state index contributed by atoms with van der Waals surface area (Å²) in [7, 11) is 1.67. The van der Waals surface area contributed by atoms with Crippen molar-refractivity contribution in [2.24, 2.45) is 7.05 Å². The lowest BCUT2D eigenvalue weighted by Gasteiger charge is -2.31. The van der Waals surface area contributed by atoms with E-state index in [4.69, 9.17) is 5.11 Å². The minimum atomic E-state index is -3.33. The third kappa shape index (κ3) is 4.88. The molecule has 1 saturated heterocycles. The van der Waals surface area contributed by atoms with Crippen LogP contribution in [-0.4, -0.2) is 50.1 Å². The molecule has 10 heteroatoms. The largest absolute Gasteiger partial charge is 0.390 e. The smallest absolute Gasteiger partial charge is 0.295 e. The molecule has 0 unspecified atom stereocenters. The Morgan fingerprint density at radius 3 is 2.63 bits per heavy atom. The number of likely N-dealkylation sites (tertiary alicyclic amines) is 1. The van der Waals surface area contributed by atoms with Crippen molar-refractivity contribution in [3.8, 4) is 0 Å². The molecule has 186 valence electrons. The second-order valence-corrected chi connectivity index (χ2v) is 9.06. The van der Waals surface area contributed by atoms with Crippen LogP contribution in [-0.2, 0) is 17.8 Å². The van der Waals surface area contributed by atoms with Gasteiger partial charge in [-0.25, -0.2) is 9.97 Å². The van der Waals surface area contributed by atoms with Gasteiger partial charge in [0.25, 0.3) is 11.5 Å². The molecule has 8 nitrogen and oxygen atoms in total. The molecule has 35 heavy (non-hydrogen) atoms. The fourth-order valence-electron chi connectivity index (χ4n) is 4.62. The Morgan fingerprint density at radius 1 is 1.26 bits per heavy atom. The number of rotatable bonds is 6. The molecule has 3 aromatic rings. The zero-order chi connectivity index (χ0) is 25.3. The third-order valence-corrected chi connectivity index (χ3v) is 6.77. The van der Waals surface area contributed by atoms with Crippen LogP contribution in [0.4, 0.5) is 14.6 Å². The summed E-state index contributed by atoms with van der Waals surface area (Å²) in [5, 5.41) is 12.9. The van der Waals surface area contributed by atoms with Crippen LogP contribution in [0.25, 0.3) is 11.0 Å². The maximum absolute atomic E-state index is 14.0. The minimum Gasteiger partial charge on any atom is -0.390 e. The summed E-state index contributed by atoms with van der Waals surface area (Å²) in [6, 6.07) is 7.33. The predicted molar refractivity (Wildman–Crippen MR) is 128 cm³/mol. The number of benzene rings is 1. The molecule has 1 fully saturated rings. The van der Waals surface area contributed by atoms with E-state index in [-0.39, 0.29) is 29.0 Å². The van der Waals surface area contributed by atoms with Gasteiger partial charge in [-0.05, 0) is 43.4 Å². The van der Waals surface area contributed by atoms with E-state index in [1.807, 2.05) is 13.0 Å². The first-order chi connectivity index (χ1) is 16.6. The summed E-state index contributed by atoms with van der Waals surface area (Å²) >= 11 is 0. The molecule has 0 bridgehead atoms. The molecule has 4 rings (SSSR count). The van der Waals surface area contributed by atoms with Crippen molar-refractivity contribution < 1.29 is 18.7 Å². The molecular formula is C25H29F2N5O3. The Hall–Kier alpha value is -3.40. The van der Waals surface area contributed by atoms with Crippen LogP contribution >= 0.6 is 0 Å². The van der Waals surface area contributed by atoms with E-state index in [1.54, 1.807) is 24.9 Å². The number of fused-ring (bicyclic) bond motifs is 1. The second kappa shape index (κ2) is 9.69. The summed E-state index contributed by atoms with van der Waals surface area (Å²) in [6.07, 6.45) is 2.75. The number of aliphatic hydroxyl groups excluding tert-OH is 1. The first-order valence-electron chi connectivity index (χ1n) is 11.6. The molecular weight excluding hydrogens is 456 g/mol. The number of hydrogen-bond acceptors (Lipinski definition) is 6. The molecule has 1 amide bonds.